The Morgan fingerprint density at radius 3 is 2.59 bits per heavy atom. The molecule has 2 N–H and O–H groups in total. The molecule has 22 heavy (non-hydrogen) atoms. The molecule has 0 bridgehead atoms. The average molecular weight is 371 g/mol. The predicted molar refractivity (Wildman–Crippen MR) is 94.0 cm³/mol. The SMILES string of the molecule is CCC(CNCc1ccc(C)cc1Br)NC(=O)OC(C)(C)C. The highest BCUT2D eigenvalue weighted by atomic mass is 79.9. The maximum absolute atomic E-state index is 11.8. The Labute approximate surface area is 142 Å². The summed E-state index contributed by atoms with van der Waals surface area (Å²) < 4.78 is 6.39. The van der Waals surface area contributed by atoms with E-state index in [1.54, 1.807) is 0 Å². The van der Waals surface area contributed by atoms with E-state index in [-0.39, 0.29) is 12.1 Å². The summed E-state index contributed by atoms with van der Waals surface area (Å²) in [7, 11) is 0. The predicted octanol–water partition coefficient (Wildman–Crippen LogP) is 4.15. The van der Waals surface area contributed by atoms with Gasteiger partial charge in [0, 0.05) is 23.6 Å². The maximum atomic E-state index is 11.8. The molecule has 0 radical (unpaired) electrons. The van der Waals surface area contributed by atoms with Crippen LogP contribution in [0.4, 0.5) is 4.79 Å². The van der Waals surface area contributed by atoms with Crippen molar-refractivity contribution in [3.63, 3.8) is 0 Å². The van der Waals surface area contributed by atoms with Gasteiger partial charge in [-0.3, -0.25) is 0 Å². The van der Waals surface area contributed by atoms with Crippen molar-refractivity contribution in [3.05, 3.63) is 33.8 Å². The normalized spacial score (nSPS) is 12.8. The van der Waals surface area contributed by atoms with Gasteiger partial charge in [-0.1, -0.05) is 35.0 Å². The Bertz CT molecular complexity index is 498. The highest BCUT2D eigenvalue weighted by Gasteiger charge is 2.18. The van der Waals surface area contributed by atoms with Gasteiger partial charge in [-0.25, -0.2) is 4.79 Å². The Morgan fingerprint density at radius 2 is 2.05 bits per heavy atom. The Kier molecular flexibility index (Phi) is 7.36. The number of ether oxygens (including phenoxy) is 1. The number of alkyl carbamates (subject to hydrolysis) is 1. The second kappa shape index (κ2) is 8.53. The molecule has 0 aliphatic rings. The zero-order chi connectivity index (χ0) is 16.8. The van der Waals surface area contributed by atoms with Crippen molar-refractivity contribution in [2.45, 2.75) is 59.2 Å². The summed E-state index contributed by atoms with van der Waals surface area (Å²) in [5.41, 5.74) is 1.97. The van der Waals surface area contributed by atoms with Crippen molar-refractivity contribution in [3.8, 4) is 0 Å². The lowest BCUT2D eigenvalue weighted by Gasteiger charge is -2.23. The van der Waals surface area contributed by atoms with Crippen LogP contribution in [-0.2, 0) is 11.3 Å². The molecule has 0 aliphatic carbocycles. The highest BCUT2D eigenvalue weighted by molar-refractivity contribution is 9.10. The first-order valence-corrected chi connectivity index (χ1v) is 8.46. The summed E-state index contributed by atoms with van der Waals surface area (Å²) in [5, 5.41) is 6.28. The van der Waals surface area contributed by atoms with E-state index in [2.05, 4.69) is 51.7 Å². The number of nitrogens with one attached hydrogen (secondary N) is 2. The highest BCUT2D eigenvalue weighted by Crippen LogP contribution is 2.18. The number of carbonyl (C=O) groups excluding carboxylic acids is 1. The standard InChI is InChI=1S/C17H27BrN2O2/c1-6-14(20-16(21)22-17(3,4)5)11-19-10-13-8-7-12(2)9-15(13)18/h7-9,14,19H,6,10-11H2,1-5H3,(H,20,21). The van der Waals surface area contributed by atoms with E-state index >= 15 is 0 Å². The van der Waals surface area contributed by atoms with E-state index in [4.69, 9.17) is 4.74 Å². The van der Waals surface area contributed by atoms with Gasteiger partial charge in [-0.05, 0) is 51.3 Å². The molecule has 0 spiro atoms. The van der Waals surface area contributed by atoms with Crippen molar-refractivity contribution in [2.24, 2.45) is 0 Å². The first-order chi connectivity index (χ1) is 10.2. The van der Waals surface area contributed by atoms with Crippen molar-refractivity contribution >= 4 is 22.0 Å². The third-order valence-electron chi connectivity index (χ3n) is 3.13. The number of hydrogen-bond acceptors (Lipinski definition) is 3. The van der Waals surface area contributed by atoms with Crippen molar-refractivity contribution in [2.75, 3.05) is 6.54 Å². The van der Waals surface area contributed by atoms with Gasteiger partial charge in [0.05, 0.1) is 0 Å². The summed E-state index contributed by atoms with van der Waals surface area (Å²) in [6.07, 6.45) is 0.485. The molecular weight excluding hydrogens is 344 g/mol. The molecule has 1 aromatic rings. The molecule has 0 heterocycles. The number of amides is 1. The molecule has 0 fully saturated rings. The molecule has 1 atom stereocenters. The van der Waals surface area contributed by atoms with Crippen molar-refractivity contribution < 1.29 is 9.53 Å². The molecule has 1 rings (SSSR count). The lowest BCUT2D eigenvalue weighted by Crippen LogP contribution is -2.43. The van der Waals surface area contributed by atoms with Crippen molar-refractivity contribution in [1.29, 1.82) is 0 Å². The van der Waals surface area contributed by atoms with E-state index in [1.807, 2.05) is 27.7 Å². The quantitative estimate of drug-likeness (QED) is 0.790. The Hall–Kier alpha value is -1.07. The summed E-state index contributed by atoms with van der Waals surface area (Å²) in [6.45, 7) is 11.2. The van der Waals surface area contributed by atoms with Gasteiger partial charge in [0.2, 0.25) is 0 Å². The van der Waals surface area contributed by atoms with Crippen LogP contribution in [0.3, 0.4) is 0 Å². The minimum absolute atomic E-state index is 0.0547. The first kappa shape index (κ1) is 19.0. The van der Waals surface area contributed by atoms with Crippen LogP contribution in [-0.4, -0.2) is 24.3 Å². The van der Waals surface area contributed by atoms with E-state index in [9.17, 15) is 4.79 Å². The van der Waals surface area contributed by atoms with Gasteiger partial charge in [-0.2, -0.15) is 0 Å². The molecule has 0 aliphatic heterocycles. The molecule has 124 valence electrons. The largest absolute Gasteiger partial charge is 0.444 e. The molecule has 0 aromatic heterocycles. The van der Waals surface area contributed by atoms with Crippen LogP contribution in [0.2, 0.25) is 0 Å². The van der Waals surface area contributed by atoms with Crippen LogP contribution in [0, 0.1) is 6.92 Å². The fourth-order valence-electron chi connectivity index (χ4n) is 1.95. The van der Waals surface area contributed by atoms with Gasteiger partial charge in [0.15, 0.2) is 0 Å². The lowest BCUT2D eigenvalue weighted by molar-refractivity contribution is 0.0502. The Morgan fingerprint density at radius 1 is 1.36 bits per heavy atom. The van der Waals surface area contributed by atoms with Gasteiger partial charge in [-0.15, -0.1) is 0 Å². The van der Waals surface area contributed by atoms with Crippen LogP contribution in [0.15, 0.2) is 22.7 Å². The van der Waals surface area contributed by atoms with E-state index in [1.165, 1.54) is 11.1 Å². The van der Waals surface area contributed by atoms with Crippen LogP contribution >= 0.6 is 15.9 Å². The molecule has 1 aromatic carbocycles. The van der Waals surface area contributed by atoms with Crippen LogP contribution in [0.5, 0.6) is 0 Å². The fourth-order valence-corrected chi connectivity index (χ4v) is 2.58. The first-order valence-electron chi connectivity index (χ1n) is 7.66. The van der Waals surface area contributed by atoms with Gasteiger partial charge in [0.25, 0.3) is 0 Å². The third-order valence-corrected chi connectivity index (χ3v) is 3.87. The van der Waals surface area contributed by atoms with Crippen LogP contribution in [0.1, 0.15) is 45.2 Å². The summed E-state index contributed by atoms with van der Waals surface area (Å²) >= 11 is 3.57. The second-order valence-electron chi connectivity index (χ2n) is 6.48. The third kappa shape index (κ3) is 7.27. The second-order valence-corrected chi connectivity index (χ2v) is 7.33. The molecule has 1 unspecified atom stereocenters. The average Bonchev–Trinajstić information content (AvgIpc) is 2.37. The number of halogens is 1. The summed E-state index contributed by atoms with van der Waals surface area (Å²) in [5.74, 6) is 0. The van der Waals surface area contributed by atoms with E-state index < -0.39 is 5.60 Å². The van der Waals surface area contributed by atoms with Crippen molar-refractivity contribution in [1.82, 2.24) is 10.6 Å². The zero-order valence-corrected chi connectivity index (χ0v) is 15.7. The minimum atomic E-state index is -0.470. The summed E-state index contributed by atoms with van der Waals surface area (Å²) in [6, 6.07) is 6.36. The van der Waals surface area contributed by atoms with E-state index in [0.717, 1.165) is 17.4 Å². The molecule has 4 nitrogen and oxygen atoms in total. The van der Waals surface area contributed by atoms with Gasteiger partial charge in [0.1, 0.15) is 5.60 Å². The van der Waals surface area contributed by atoms with Gasteiger partial charge >= 0.3 is 6.09 Å². The molecule has 0 saturated heterocycles. The minimum Gasteiger partial charge on any atom is -0.444 e. The number of aryl methyl sites for hydroxylation is 1. The Balaban J connectivity index is 2.42. The lowest BCUT2D eigenvalue weighted by atomic mass is 10.1. The maximum Gasteiger partial charge on any atom is 0.407 e. The molecular formula is C17H27BrN2O2. The summed E-state index contributed by atoms with van der Waals surface area (Å²) in [4.78, 5) is 11.8. The number of hydrogen-bond donors (Lipinski definition) is 2. The zero-order valence-electron chi connectivity index (χ0n) is 14.1. The molecule has 5 heteroatoms. The molecule has 1 amide bonds. The van der Waals surface area contributed by atoms with Crippen LogP contribution < -0.4 is 10.6 Å². The topological polar surface area (TPSA) is 50.4 Å². The smallest absolute Gasteiger partial charge is 0.407 e. The van der Waals surface area contributed by atoms with E-state index in [0.29, 0.717) is 6.54 Å². The van der Waals surface area contributed by atoms with Gasteiger partial charge < -0.3 is 15.4 Å². The number of rotatable bonds is 6. The number of benzene rings is 1. The molecule has 0 saturated carbocycles. The monoisotopic (exact) mass is 370 g/mol. The van der Waals surface area contributed by atoms with Crippen LogP contribution in [0.25, 0.3) is 0 Å². The fraction of sp³-hybridized carbons (Fsp3) is 0.588. The number of carbonyl (C=O) groups is 1.